The monoisotopic (exact) mass is 432 g/mol. The molecular weight excluding hydrogens is 420 g/mol. The summed E-state index contributed by atoms with van der Waals surface area (Å²) in [5, 5.41) is 8.47. The largest absolute Gasteiger partial charge is 0.493 e. The minimum absolute atomic E-state index is 0.122. The van der Waals surface area contributed by atoms with Crippen LogP contribution in [0.4, 0.5) is 0 Å². The summed E-state index contributed by atoms with van der Waals surface area (Å²) in [4.78, 5) is 12.8. The molecule has 2 aromatic carbocycles. The molecule has 4 rings (SSSR count). The van der Waals surface area contributed by atoms with Crippen LogP contribution in [0, 0.1) is 0 Å². The van der Waals surface area contributed by atoms with Gasteiger partial charge in [0.25, 0.3) is 0 Å². The molecule has 0 fully saturated rings. The minimum Gasteiger partial charge on any atom is -0.493 e. The molecule has 0 aliphatic carbocycles. The number of rotatable bonds is 4. The van der Waals surface area contributed by atoms with Crippen molar-refractivity contribution in [3.8, 4) is 28.7 Å². The zero-order valence-electron chi connectivity index (χ0n) is 14.3. The molecule has 138 valence electrons. The second-order valence-electron chi connectivity index (χ2n) is 5.51. The number of ether oxygens (including phenoxy) is 5. The van der Waals surface area contributed by atoms with Gasteiger partial charge in [-0.05, 0) is 22.0 Å². The summed E-state index contributed by atoms with van der Waals surface area (Å²) in [5.74, 6) is 1.73. The molecule has 0 atom stereocenters. The van der Waals surface area contributed by atoms with Gasteiger partial charge in [0.1, 0.15) is 5.75 Å². The molecule has 9 heteroatoms. The van der Waals surface area contributed by atoms with E-state index in [0.29, 0.717) is 38.4 Å². The molecule has 27 heavy (non-hydrogen) atoms. The Morgan fingerprint density at radius 1 is 1.04 bits per heavy atom. The van der Waals surface area contributed by atoms with E-state index in [1.807, 2.05) is 0 Å². The van der Waals surface area contributed by atoms with E-state index in [2.05, 4.69) is 26.1 Å². The number of aromatic nitrogens is 2. The van der Waals surface area contributed by atoms with Crippen LogP contribution in [0.1, 0.15) is 10.4 Å². The second-order valence-corrected chi connectivity index (χ2v) is 6.36. The standard InChI is InChI=1S/C18H13BrN2O6/c1-23-14-4-11(19)13(6-15(14)24-2)27-18(22)10-7-20-21-12-5-17-16(3-9(10)12)25-8-26-17/h3-7H,8H2,1-2H3. The third kappa shape index (κ3) is 3.10. The van der Waals surface area contributed by atoms with Gasteiger partial charge in [0.15, 0.2) is 23.0 Å². The third-order valence-corrected chi connectivity index (χ3v) is 4.61. The number of carbonyl (C=O) groups is 1. The van der Waals surface area contributed by atoms with Gasteiger partial charge in [0.2, 0.25) is 6.79 Å². The number of fused-ring (bicyclic) bond motifs is 2. The number of halogens is 1. The first-order valence-electron chi connectivity index (χ1n) is 7.79. The van der Waals surface area contributed by atoms with E-state index in [4.69, 9.17) is 23.7 Å². The van der Waals surface area contributed by atoms with Crippen LogP contribution >= 0.6 is 15.9 Å². The topological polar surface area (TPSA) is 89.0 Å². The highest BCUT2D eigenvalue weighted by molar-refractivity contribution is 9.10. The van der Waals surface area contributed by atoms with E-state index in [0.717, 1.165) is 0 Å². The predicted octanol–water partition coefficient (Wildman–Crippen LogP) is 3.36. The van der Waals surface area contributed by atoms with Gasteiger partial charge in [-0.2, -0.15) is 10.2 Å². The molecule has 3 aromatic rings. The van der Waals surface area contributed by atoms with Crippen LogP contribution in [0.5, 0.6) is 28.7 Å². The number of hydrogen-bond acceptors (Lipinski definition) is 8. The Bertz CT molecular complexity index is 1060. The number of carbonyl (C=O) groups excluding carboxylic acids is 1. The lowest BCUT2D eigenvalue weighted by Crippen LogP contribution is -2.11. The summed E-state index contributed by atoms with van der Waals surface area (Å²) in [7, 11) is 3.02. The van der Waals surface area contributed by atoms with Gasteiger partial charge in [0.05, 0.1) is 36.0 Å². The van der Waals surface area contributed by atoms with Crippen molar-refractivity contribution >= 4 is 32.8 Å². The number of hydrogen-bond donors (Lipinski definition) is 0. The van der Waals surface area contributed by atoms with Crippen LogP contribution in [-0.4, -0.2) is 37.2 Å². The maximum atomic E-state index is 12.8. The van der Waals surface area contributed by atoms with Crippen LogP contribution in [-0.2, 0) is 0 Å². The van der Waals surface area contributed by atoms with Gasteiger partial charge in [0, 0.05) is 23.6 Å². The SMILES string of the molecule is COc1cc(Br)c(OC(=O)c2cnnc3cc4c(cc23)OCO4)cc1OC. The Kier molecular flexibility index (Phi) is 4.44. The van der Waals surface area contributed by atoms with Crippen molar-refractivity contribution in [3.05, 3.63) is 40.5 Å². The predicted molar refractivity (Wildman–Crippen MR) is 97.9 cm³/mol. The Morgan fingerprint density at radius 2 is 1.74 bits per heavy atom. The normalized spacial score (nSPS) is 12.1. The van der Waals surface area contributed by atoms with Crippen molar-refractivity contribution in [2.75, 3.05) is 21.0 Å². The fraction of sp³-hybridized carbons (Fsp3) is 0.167. The molecule has 1 aliphatic heterocycles. The first-order chi connectivity index (χ1) is 13.1. The highest BCUT2D eigenvalue weighted by Crippen LogP contribution is 2.39. The van der Waals surface area contributed by atoms with Crippen LogP contribution in [0.15, 0.2) is 34.9 Å². The summed E-state index contributed by atoms with van der Waals surface area (Å²) in [6, 6.07) is 6.58. The average Bonchev–Trinajstić information content (AvgIpc) is 3.14. The molecule has 1 aromatic heterocycles. The molecule has 0 spiro atoms. The molecule has 0 unspecified atom stereocenters. The maximum absolute atomic E-state index is 12.8. The third-order valence-electron chi connectivity index (χ3n) is 3.99. The van der Waals surface area contributed by atoms with Gasteiger partial charge in [-0.25, -0.2) is 4.79 Å². The van der Waals surface area contributed by atoms with Gasteiger partial charge >= 0.3 is 5.97 Å². The summed E-state index contributed by atoms with van der Waals surface area (Å²) in [6.07, 6.45) is 1.35. The van der Waals surface area contributed by atoms with Crippen LogP contribution in [0.25, 0.3) is 10.9 Å². The van der Waals surface area contributed by atoms with Crippen molar-refractivity contribution in [3.63, 3.8) is 0 Å². The number of benzene rings is 2. The molecule has 0 bridgehead atoms. The quantitative estimate of drug-likeness (QED) is 0.457. The van der Waals surface area contributed by atoms with E-state index in [-0.39, 0.29) is 18.1 Å². The smallest absolute Gasteiger partial charge is 0.345 e. The molecule has 0 amide bonds. The van der Waals surface area contributed by atoms with Gasteiger partial charge < -0.3 is 23.7 Å². The number of esters is 1. The second kappa shape index (κ2) is 6.92. The van der Waals surface area contributed by atoms with E-state index < -0.39 is 5.97 Å². The molecule has 0 radical (unpaired) electrons. The van der Waals surface area contributed by atoms with Crippen molar-refractivity contribution < 1.29 is 28.5 Å². The number of methoxy groups -OCH3 is 2. The van der Waals surface area contributed by atoms with Crippen molar-refractivity contribution in [2.45, 2.75) is 0 Å². The van der Waals surface area contributed by atoms with E-state index in [1.54, 1.807) is 24.3 Å². The maximum Gasteiger partial charge on any atom is 0.345 e. The summed E-state index contributed by atoms with van der Waals surface area (Å²) < 4.78 is 27.3. The van der Waals surface area contributed by atoms with E-state index in [1.165, 1.54) is 20.4 Å². The lowest BCUT2D eigenvalue weighted by molar-refractivity contribution is 0.0734. The molecule has 8 nitrogen and oxygen atoms in total. The van der Waals surface area contributed by atoms with Gasteiger partial charge in [-0.15, -0.1) is 0 Å². The molecule has 0 saturated carbocycles. The highest BCUT2D eigenvalue weighted by Gasteiger charge is 2.21. The first kappa shape index (κ1) is 17.3. The van der Waals surface area contributed by atoms with Gasteiger partial charge in [-0.1, -0.05) is 0 Å². The lowest BCUT2D eigenvalue weighted by atomic mass is 10.1. The average molecular weight is 433 g/mol. The number of nitrogens with zero attached hydrogens (tertiary/aromatic N) is 2. The molecule has 2 heterocycles. The molecule has 0 saturated heterocycles. The van der Waals surface area contributed by atoms with Crippen LogP contribution in [0.2, 0.25) is 0 Å². The van der Waals surface area contributed by atoms with Crippen molar-refractivity contribution in [1.82, 2.24) is 10.2 Å². The van der Waals surface area contributed by atoms with Crippen molar-refractivity contribution in [1.29, 1.82) is 0 Å². The summed E-state index contributed by atoms with van der Waals surface area (Å²) >= 11 is 3.37. The van der Waals surface area contributed by atoms with Crippen LogP contribution < -0.4 is 23.7 Å². The van der Waals surface area contributed by atoms with Crippen LogP contribution in [0.3, 0.4) is 0 Å². The van der Waals surface area contributed by atoms with Gasteiger partial charge in [-0.3, -0.25) is 0 Å². The van der Waals surface area contributed by atoms with E-state index in [9.17, 15) is 4.79 Å². The molecule has 0 N–H and O–H groups in total. The Morgan fingerprint density at radius 3 is 2.48 bits per heavy atom. The summed E-state index contributed by atoms with van der Waals surface area (Å²) in [5.41, 5.74) is 0.750. The Labute approximate surface area is 162 Å². The Balaban J connectivity index is 1.72. The zero-order valence-corrected chi connectivity index (χ0v) is 15.9. The molecular formula is C18H13BrN2O6. The Hall–Kier alpha value is -3.07. The van der Waals surface area contributed by atoms with E-state index >= 15 is 0 Å². The molecule has 1 aliphatic rings. The summed E-state index contributed by atoms with van der Waals surface area (Å²) in [6.45, 7) is 0.122. The zero-order chi connectivity index (χ0) is 19.0. The fourth-order valence-electron chi connectivity index (χ4n) is 2.68. The van der Waals surface area contributed by atoms with Crippen molar-refractivity contribution in [2.24, 2.45) is 0 Å². The fourth-order valence-corrected chi connectivity index (χ4v) is 3.08. The lowest BCUT2D eigenvalue weighted by Gasteiger charge is -2.12. The highest BCUT2D eigenvalue weighted by atomic mass is 79.9. The minimum atomic E-state index is -0.596. The first-order valence-corrected chi connectivity index (χ1v) is 8.58.